The molecule has 2 aromatic rings. The highest BCUT2D eigenvalue weighted by Crippen LogP contribution is 2.18. The molecule has 2 rings (SSSR count). The van der Waals surface area contributed by atoms with Gasteiger partial charge in [-0.05, 0) is 37.6 Å². The number of halogens is 1. The van der Waals surface area contributed by atoms with Gasteiger partial charge < -0.3 is 5.32 Å². The van der Waals surface area contributed by atoms with E-state index in [-0.39, 0.29) is 22.5 Å². The number of nitrogens with one attached hydrogen (secondary N) is 1. The van der Waals surface area contributed by atoms with E-state index in [1.165, 1.54) is 18.2 Å². The summed E-state index contributed by atoms with van der Waals surface area (Å²) in [5.74, 6) is -0.264. The number of hydrogen-bond donors (Lipinski definition) is 1. The van der Waals surface area contributed by atoms with Crippen LogP contribution in [0.5, 0.6) is 0 Å². The van der Waals surface area contributed by atoms with Gasteiger partial charge in [0.1, 0.15) is 5.82 Å². The van der Waals surface area contributed by atoms with Crippen LogP contribution in [0.25, 0.3) is 0 Å². The molecule has 0 saturated carbocycles. The summed E-state index contributed by atoms with van der Waals surface area (Å²) in [7, 11) is 0. The zero-order chi connectivity index (χ0) is 15.2. The first-order chi connectivity index (χ1) is 10.1. The Morgan fingerprint density at radius 3 is 2.71 bits per heavy atom. The lowest BCUT2D eigenvalue weighted by atomic mass is 10.1. The molecular formula is C16H17FN2O2. The van der Waals surface area contributed by atoms with Crippen LogP contribution in [0, 0.1) is 15.9 Å². The maximum Gasteiger partial charge on any atom is 0.272 e. The molecule has 0 aliphatic rings. The molecule has 5 heteroatoms. The monoisotopic (exact) mass is 288 g/mol. The van der Waals surface area contributed by atoms with E-state index in [2.05, 4.69) is 5.32 Å². The van der Waals surface area contributed by atoms with Crippen molar-refractivity contribution in [1.29, 1.82) is 0 Å². The zero-order valence-electron chi connectivity index (χ0n) is 11.8. The molecule has 0 aliphatic heterocycles. The minimum absolute atomic E-state index is 0.0107. The Hall–Kier alpha value is -2.27. The van der Waals surface area contributed by atoms with Gasteiger partial charge in [-0.15, -0.1) is 0 Å². The highest BCUT2D eigenvalue weighted by Gasteiger charge is 2.12. The van der Waals surface area contributed by atoms with Crippen molar-refractivity contribution in [2.24, 2.45) is 0 Å². The summed E-state index contributed by atoms with van der Waals surface area (Å²) in [6.07, 6.45) is 0.552. The molecule has 21 heavy (non-hydrogen) atoms. The SMILES string of the molecule is C[C@H](NCCc1ccccc1[N+](=O)[O-])c1cccc(F)c1. The van der Waals surface area contributed by atoms with Crippen LogP contribution in [0.15, 0.2) is 48.5 Å². The quantitative estimate of drug-likeness (QED) is 0.652. The van der Waals surface area contributed by atoms with Crippen LogP contribution >= 0.6 is 0 Å². The smallest absolute Gasteiger partial charge is 0.272 e. The maximum atomic E-state index is 13.2. The fourth-order valence-electron chi connectivity index (χ4n) is 2.22. The molecule has 0 heterocycles. The fraction of sp³-hybridized carbons (Fsp3) is 0.250. The van der Waals surface area contributed by atoms with E-state index in [9.17, 15) is 14.5 Å². The van der Waals surface area contributed by atoms with Crippen LogP contribution in [0.4, 0.5) is 10.1 Å². The second-order valence-electron chi connectivity index (χ2n) is 4.87. The lowest BCUT2D eigenvalue weighted by Crippen LogP contribution is -2.21. The lowest BCUT2D eigenvalue weighted by Gasteiger charge is -2.14. The Kier molecular flexibility index (Phi) is 5.00. The molecule has 0 unspecified atom stereocenters. The third-order valence-electron chi connectivity index (χ3n) is 3.38. The van der Waals surface area contributed by atoms with Gasteiger partial charge in [0.25, 0.3) is 5.69 Å². The predicted octanol–water partition coefficient (Wildman–Crippen LogP) is 3.63. The zero-order valence-corrected chi connectivity index (χ0v) is 11.8. The third-order valence-corrected chi connectivity index (χ3v) is 3.38. The normalized spacial score (nSPS) is 12.1. The van der Waals surface area contributed by atoms with Gasteiger partial charge in [0, 0.05) is 17.7 Å². The molecule has 0 amide bonds. The summed E-state index contributed by atoms with van der Waals surface area (Å²) in [6, 6.07) is 13.1. The number of nitrogens with zero attached hydrogens (tertiary/aromatic N) is 1. The number of nitro benzene ring substituents is 1. The molecule has 0 saturated heterocycles. The van der Waals surface area contributed by atoms with Crippen LogP contribution in [-0.2, 0) is 6.42 Å². The Morgan fingerprint density at radius 2 is 2.00 bits per heavy atom. The predicted molar refractivity (Wildman–Crippen MR) is 79.6 cm³/mol. The molecule has 0 aliphatic carbocycles. The highest BCUT2D eigenvalue weighted by atomic mass is 19.1. The number of nitro groups is 1. The van der Waals surface area contributed by atoms with Gasteiger partial charge in [-0.1, -0.05) is 30.3 Å². The first-order valence-electron chi connectivity index (χ1n) is 6.79. The van der Waals surface area contributed by atoms with E-state index in [0.29, 0.717) is 18.5 Å². The summed E-state index contributed by atoms with van der Waals surface area (Å²) in [5, 5.41) is 14.2. The molecule has 4 nitrogen and oxygen atoms in total. The standard InChI is InChI=1S/C16H17FN2O2/c1-12(14-6-4-7-15(17)11-14)18-10-9-13-5-2-3-8-16(13)19(20)21/h2-8,11-12,18H,9-10H2,1H3/t12-/m0/s1. The second kappa shape index (κ2) is 6.95. The molecule has 2 aromatic carbocycles. The second-order valence-corrected chi connectivity index (χ2v) is 4.87. The van der Waals surface area contributed by atoms with Crippen LogP contribution in [0.2, 0.25) is 0 Å². The average Bonchev–Trinajstić information content (AvgIpc) is 2.47. The molecule has 110 valence electrons. The van der Waals surface area contributed by atoms with Gasteiger partial charge in [0.05, 0.1) is 4.92 Å². The van der Waals surface area contributed by atoms with Crippen LogP contribution in [0.1, 0.15) is 24.1 Å². The molecular weight excluding hydrogens is 271 g/mol. The Balaban J connectivity index is 1.94. The Labute approximate surface area is 122 Å². The summed E-state index contributed by atoms with van der Waals surface area (Å²) < 4.78 is 13.2. The molecule has 0 fully saturated rings. The van der Waals surface area contributed by atoms with Gasteiger partial charge in [-0.2, -0.15) is 0 Å². The minimum Gasteiger partial charge on any atom is -0.310 e. The van der Waals surface area contributed by atoms with Crippen molar-refractivity contribution < 1.29 is 9.31 Å². The van der Waals surface area contributed by atoms with Crippen molar-refractivity contribution in [2.75, 3.05) is 6.54 Å². The van der Waals surface area contributed by atoms with E-state index in [0.717, 1.165) is 5.56 Å². The Bertz CT molecular complexity index is 631. The minimum atomic E-state index is -0.370. The number of rotatable bonds is 6. The first-order valence-corrected chi connectivity index (χ1v) is 6.79. The molecule has 0 aromatic heterocycles. The van der Waals surface area contributed by atoms with Crippen molar-refractivity contribution in [3.8, 4) is 0 Å². The van der Waals surface area contributed by atoms with Crippen molar-refractivity contribution >= 4 is 5.69 Å². The van der Waals surface area contributed by atoms with Crippen molar-refractivity contribution in [3.05, 3.63) is 75.6 Å². The Morgan fingerprint density at radius 1 is 1.24 bits per heavy atom. The van der Waals surface area contributed by atoms with Crippen LogP contribution < -0.4 is 5.32 Å². The fourth-order valence-corrected chi connectivity index (χ4v) is 2.22. The van der Waals surface area contributed by atoms with Gasteiger partial charge in [-0.3, -0.25) is 10.1 Å². The van der Waals surface area contributed by atoms with E-state index in [4.69, 9.17) is 0 Å². The summed E-state index contributed by atoms with van der Waals surface area (Å²) in [5.41, 5.74) is 1.69. The first kappa shape index (κ1) is 15.1. The highest BCUT2D eigenvalue weighted by molar-refractivity contribution is 5.39. The molecule has 0 bridgehead atoms. The third kappa shape index (κ3) is 4.10. The van der Waals surface area contributed by atoms with Crippen molar-refractivity contribution in [2.45, 2.75) is 19.4 Å². The summed E-state index contributed by atoms with van der Waals surface area (Å²) in [6.45, 7) is 2.52. The van der Waals surface area contributed by atoms with E-state index >= 15 is 0 Å². The van der Waals surface area contributed by atoms with Crippen molar-refractivity contribution in [1.82, 2.24) is 5.32 Å². The topological polar surface area (TPSA) is 55.2 Å². The van der Waals surface area contributed by atoms with Crippen molar-refractivity contribution in [3.63, 3.8) is 0 Å². The van der Waals surface area contributed by atoms with Crippen LogP contribution in [0.3, 0.4) is 0 Å². The summed E-state index contributed by atoms with van der Waals surface area (Å²) >= 11 is 0. The van der Waals surface area contributed by atoms with Gasteiger partial charge in [0.15, 0.2) is 0 Å². The van der Waals surface area contributed by atoms with Gasteiger partial charge >= 0.3 is 0 Å². The largest absolute Gasteiger partial charge is 0.310 e. The molecule has 0 spiro atoms. The number of para-hydroxylation sites is 1. The lowest BCUT2D eigenvalue weighted by molar-refractivity contribution is -0.385. The molecule has 0 radical (unpaired) electrons. The van der Waals surface area contributed by atoms with E-state index in [1.54, 1.807) is 24.3 Å². The molecule has 1 atom stereocenters. The average molecular weight is 288 g/mol. The number of benzene rings is 2. The summed E-state index contributed by atoms with van der Waals surface area (Å²) in [4.78, 5) is 10.6. The van der Waals surface area contributed by atoms with Gasteiger partial charge in [-0.25, -0.2) is 4.39 Å². The maximum absolute atomic E-state index is 13.2. The number of hydrogen-bond acceptors (Lipinski definition) is 3. The van der Waals surface area contributed by atoms with E-state index < -0.39 is 0 Å². The molecule has 1 N–H and O–H groups in total. The van der Waals surface area contributed by atoms with E-state index in [1.807, 2.05) is 13.0 Å². The van der Waals surface area contributed by atoms with Crippen LogP contribution in [-0.4, -0.2) is 11.5 Å². The van der Waals surface area contributed by atoms with Gasteiger partial charge in [0.2, 0.25) is 0 Å².